The number of carbonyl (C=O) groups is 2. The summed E-state index contributed by atoms with van der Waals surface area (Å²) < 4.78 is 0.320. The normalized spacial score (nSPS) is 11.1. The van der Waals surface area contributed by atoms with Crippen LogP contribution in [0.5, 0.6) is 0 Å². The summed E-state index contributed by atoms with van der Waals surface area (Å²) in [6.07, 6.45) is 1.92. The van der Waals surface area contributed by atoms with Gasteiger partial charge in [-0.25, -0.2) is 0 Å². The average molecular weight is 309 g/mol. The maximum Gasteiger partial charge on any atom is 0.240 e. The Hall–Kier alpha value is -0.980. The van der Waals surface area contributed by atoms with Gasteiger partial charge >= 0.3 is 0 Å². The van der Waals surface area contributed by atoms with Gasteiger partial charge in [0.15, 0.2) is 11.9 Å². The molecule has 0 aliphatic carbocycles. The van der Waals surface area contributed by atoms with Crippen LogP contribution >= 0.6 is 0 Å². The number of rotatable bonds is 5. The third-order valence-electron chi connectivity index (χ3n) is 1.28. The molecule has 0 radical (unpaired) electrons. The van der Waals surface area contributed by atoms with E-state index < -0.39 is 12.0 Å². The van der Waals surface area contributed by atoms with Crippen LogP contribution in [0.3, 0.4) is 0 Å². The monoisotopic (exact) mass is 308 g/mol. The van der Waals surface area contributed by atoms with Crippen LogP contribution in [-0.4, -0.2) is 43.6 Å². The Kier molecular flexibility index (Phi) is 12.8. The number of hydroxylamine groups is 3. The highest BCUT2D eigenvalue weighted by Crippen LogP contribution is 2.01. The molecule has 0 heterocycles. The molecule has 1 unspecified atom stereocenters. The molecular weight excluding hydrogens is 288 g/mol. The summed E-state index contributed by atoms with van der Waals surface area (Å²) in [6, 6.07) is 0. The van der Waals surface area contributed by atoms with Gasteiger partial charge in [-0.15, -0.1) is 0 Å². The predicted molar refractivity (Wildman–Crippen MR) is 63.2 cm³/mol. The number of hydrogen-bond acceptors (Lipinski definition) is 3. The summed E-state index contributed by atoms with van der Waals surface area (Å²) >= 11 is 0. The number of amides is 1. The molecule has 0 saturated carbocycles. The number of hydrogen-bond donors (Lipinski definition) is 1. The SMILES string of the molecule is C=CC(=O)C(C)O[N+](C)(C)C.C=CC(N)=O.[Br-]. The fourth-order valence-corrected chi connectivity index (χ4v) is 0.692. The Morgan fingerprint density at radius 2 is 1.59 bits per heavy atom. The van der Waals surface area contributed by atoms with Gasteiger partial charge in [-0.05, 0) is 19.1 Å². The molecular formula is C11H21BrN2O3. The van der Waals surface area contributed by atoms with Crippen LogP contribution in [0, 0.1) is 0 Å². The molecule has 5 nitrogen and oxygen atoms in total. The van der Waals surface area contributed by atoms with Crippen LogP contribution in [0.1, 0.15) is 6.92 Å². The third-order valence-corrected chi connectivity index (χ3v) is 1.28. The molecule has 0 aromatic rings. The molecule has 0 aliphatic rings. The highest BCUT2D eigenvalue weighted by Gasteiger charge is 2.19. The van der Waals surface area contributed by atoms with Crippen LogP contribution < -0.4 is 22.7 Å². The van der Waals surface area contributed by atoms with Gasteiger partial charge in [-0.3, -0.25) is 9.59 Å². The molecule has 0 bridgehead atoms. The predicted octanol–water partition coefficient (Wildman–Crippen LogP) is -2.57. The maximum atomic E-state index is 10.9. The Bertz CT molecular complexity index is 272. The van der Waals surface area contributed by atoms with Crippen molar-refractivity contribution in [2.24, 2.45) is 5.73 Å². The topological polar surface area (TPSA) is 69.4 Å². The zero-order chi connectivity index (χ0) is 13.4. The molecule has 2 N–H and O–H groups in total. The highest BCUT2D eigenvalue weighted by atomic mass is 79.9. The minimum absolute atomic E-state index is 0. The van der Waals surface area contributed by atoms with E-state index in [0.29, 0.717) is 4.65 Å². The van der Waals surface area contributed by atoms with Crippen molar-refractivity contribution in [1.82, 2.24) is 0 Å². The summed E-state index contributed by atoms with van der Waals surface area (Å²) in [6.45, 7) is 8.18. The van der Waals surface area contributed by atoms with Gasteiger partial charge in [0.2, 0.25) is 5.91 Å². The molecule has 0 aromatic carbocycles. The van der Waals surface area contributed by atoms with Crippen LogP contribution in [0.2, 0.25) is 0 Å². The molecule has 100 valence electrons. The lowest BCUT2D eigenvalue weighted by atomic mass is 10.3. The summed E-state index contributed by atoms with van der Waals surface area (Å²) in [5.74, 6) is -0.567. The molecule has 0 fully saturated rings. The summed E-state index contributed by atoms with van der Waals surface area (Å²) in [5, 5.41) is 0. The number of ketones is 1. The first-order valence-electron chi connectivity index (χ1n) is 4.72. The van der Waals surface area contributed by atoms with Crippen LogP contribution in [0.15, 0.2) is 25.3 Å². The quantitative estimate of drug-likeness (QED) is 0.345. The number of nitrogens with zero attached hydrogens (tertiary/aromatic N) is 1. The Labute approximate surface area is 113 Å². The standard InChI is InChI=1S/C8H16NO2.C3H5NO.BrH/c1-6-8(10)7(2)11-9(3,4)5;1-2-3(4)5;/h6-7H,1H2,2-5H3;2H,1H2,(H2,4,5);1H/q+1;;/p-1. The molecule has 6 heteroatoms. The molecule has 0 aromatic heterocycles. The van der Waals surface area contributed by atoms with E-state index >= 15 is 0 Å². The Balaban J connectivity index is -0.000000280. The van der Waals surface area contributed by atoms with Crippen molar-refractivity contribution in [2.75, 3.05) is 21.1 Å². The van der Waals surface area contributed by atoms with Crippen molar-refractivity contribution in [3.8, 4) is 0 Å². The molecule has 17 heavy (non-hydrogen) atoms. The minimum Gasteiger partial charge on any atom is -1.00 e. The summed E-state index contributed by atoms with van der Waals surface area (Å²) in [5.41, 5.74) is 4.53. The molecule has 0 aliphatic heterocycles. The van der Waals surface area contributed by atoms with Crippen molar-refractivity contribution < 1.29 is 36.1 Å². The first kappa shape index (κ1) is 21.3. The van der Waals surface area contributed by atoms with E-state index in [2.05, 4.69) is 18.9 Å². The number of nitrogens with two attached hydrogens (primary N) is 1. The number of quaternary nitrogens is 1. The third kappa shape index (κ3) is 17.6. The van der Waals surface area contributed by atoms with Gasteiger partial charge in [-0.2, -0.15) is 9.48 Å². The lowest BCUT2D eigenvalue weighted by Crippen LogP contribution is -3.00. The largest absolute Gasteiger partial charge is 1.00 e. The van der Waals surface area contributed by atoms with Gasteiger partial charge in [0.05, 0.1) is 21.1 Å². The Morgan fingerprint density at radius 1 is 1.24 bits per heavy atom. The van der Waals surface area contributed by atoms with Crippen molar-refractivity contribution >= 4 is 11.7 Å². The van der Waals surface area contributed by atoms with Gasteiger partial charge < -0.3 is 22.7 Å². The van der Waals surface area contributed by atoms with Gasteiger partial charge in [-0.1, -0.05) is 13.2 Å². The molecule has 1 amide bonds. The average Bonchev–Trinajstić information content (AvgIpc) is 2.14. The lowest BCUT2D eigenvalue weighted by molar-refractivity contribution is -1.06. The van der Waals surface area contributed by atoms with Crippen molar-refractivity contribution in [1.29, 1.82) is 0 Å². The van der Waals surface area contributed by atoms with E-state index in [1.165, 1.54) is 6.08 Å². The van der Waals surface area contributed by atoms with Gasteiger partial charge in [0.25, 0.3) is 0 Å². The van der Waals surface area contributed by atoms with Crippen molar-refractivity contribution in [3.63, 3.8) is 0 Å². The number of primary amides is 1. The second kappa shape index (κ2) is 10.2. The Morgan fingerprint density at radius 3 is 1.76 bits per heavy atom. The highest BCUT2D eigenvalue weighted by molar-refractivity contribution is 5.92. The maximum absolute atomic E-state index is 10.9. The first-order chi connectivity index (χ1) is 7.14. The molecule has 0 rings (SSSR count). The lowest BCUT2D eigenvalue weighted by Gasteiger charge is -2.23. The van der Waals surface area contributed by atoms with E-state index in [1.807, 2.05) is 21.1 Å². The zero-order valence-electron chi connectivity index (χ0n) is 10.8. The van der Waals surface area contributed by atoms with Crippen molar-refractivity contribution in [3.05, 3.63) is 25.3 Å². The van der Waals surface area contributed by atoms with Crippen molar-refractivity contribution in [2.45, 2.75) is 13.0 Å². The number of halogens is 1. The van der Waals surface area contributed by atoms with Crippen LogP contribution in [0.4, 0.5) is 0 Å². The molecule has 0 spiro atoms. The van der Waals surface area contributed by atoms with Crippen LogP contribution in [0.25, 0.3) is 0 Å². The first-order valence-corrected chi connectivity index (χ1v) is 4.72. The minimum atomic E-state index is -0.481. The second-order valence-corrected chi connectivity index (χ2v) is 3.85. The van der Waals surface area contributed by atoms with E-state index in [0.717, 1.165) is 6.08 Å². The van der Waals surface area contributed by atoms with Crippen LogP contribution in [-0.2, 0) is 14.4 Å². The van der Waals surface area contributed by atoms with E-state index in [-0.39, 0.29) is 22.8 Å². The fourth-order valence-electron chi connectivity index (χ4n) is 0.692. The van der Waals surface area contributed by atoms with E-state index in [1.54, 1.807) is 6.92 Å². The van der Waals surface area contributed by atoms with E-state index in [4.69, 9.17) is 4.84 Å². The van der Waals surface area contributed by atoms with Gasteiger partial charge in [0, 0.05) is 0 Å². The number of carbonyl (C=O) groups excluding carboxylic acids is 2. The zero-order valence-corrected chi connectivity index (χ0v) is 12.4. The second-order valence-electron chi connectivity index (χ2n) is 3.85. The fraction of sp³-hybridized carbons (Fsp3) is 0.455. The smallest absolute Gasteiger partial charge is 0.240 e. The summed E-state index contributed by atoms with van der Waals surface area (Å²) in [7, 11) is 5.56. The summed E-state index contributed by atoms with van der Waals surface area (Å²) in [4.78, 5) is 25.7. The molecule has 1 atom stereocenters. The molecule has 0 saturated heterocycles. The van der Waals surface area contributed by atoms with Gasteiger partial charge in [0.1, 0.15) is 0 Å². The van der Waals surface area contributed by atoms with E-state index in [9.17, 15) is 9.59 Å².